The van der Waals surface area contributed by atoms with Gasteiger partial charge in [0.15, 0.2) is 0 Å². The summed E-state index contributed by atoms with van der Waals surface area (Å²) in [5.41, 5.74) is 9.14. The number of hydrogen-bond acceptors (Lipinski definition) is 8. The van der Waals surface area contributed by atoms with Crippen molar-refractivity contribution >= 4 is 50.1 Å². The van der Waals surface area contributed by atoms with Gasteiger partial charge in [-0.1, -0.05) is 24.3 Å². The largest absolute Gasteiger partial charge is 0.383 e. The molecule has 6 rings (SSSR count). The number of allylic oxidation sites excluding steroid dienone is 1. The van der Waals surface area contributed by atoms with Crippen molar-refractivity contribution in [3.63, 3.8) is 0 Å². The maximum absolute atomic E-state index is 13.5. The summed E-state index contributed by atoms with van der Waals surface area (Å²) in [5.74, 6) is 0.654. The summed E-state index contributed by atoms with van der Waals surface area (Å²) in [5, 5.41) is 4.92. The molecule has 2 aromatic carbocycles. The first-order valence-electron chi connectivity index (χ1n) is 12.2. The Morgan fingerprint density at radius 2 is 1.95 bits per heavy atom. The van der Waals surface area contributed by atoms with E-state index in [1.165, 1.54) is 29.7 Å². The molecule has 0 bridgehead atoms. The molecule has 38 heavy (non-hydrogen) atoms. The van der Waals surface area contributed by atoms with Crippen LogP contribution >= 0.6 is 11.8 Å². The maximum atomic E-state index is 13.5. The Kier molecular flexibility index (Phi) is 6.24. The van der Waals surface area contributed by atoms with Crippen LogP contribution in [0.4, 0.5) is 16.0 Å². The van der Waals surface area contributed by atoms with Gasteiger partial charge in [-0.05, 0) is 54.8 Å². The number of hydrogen-bond donors (Lipinski definition) is 2. The topological polar surface area (TPSA) is 112 Å². The van der Waals surface area contributed by atoms with Crippen LogP contribution in [-0.2, 0) is 0 Å². The number of pyridine rings is 1. The highest BCUT2D eigenvalue weighted by molar-refractivity contribution is 8.09. The predicted molar refractivity (Wildman–Crippen MR) is 150 cm³/mol. The summed E-state index contributed by atoms with van der Waals surface area (Å²) in [6, 6.07) is 13.6. The fourth-order valence-corrected chi connectivity index (χ4v) is 5.83. The normalized spacial score (nSPS) is 16.1. The molecule has 0 fully saturated rings. The van der Waals surface area contributed by atoms with Gasteiger partial charge in [0.25, 0.3) is 5.56 Å². The third-order valence-electron chi connectivity index (χ3n) is 6.78. The molecule has 10 heteroatoms. The number of nitrogens with zero attached hydrogens (tertiary/aromatic N) is 5. The van der Waals surface area contributed by atoms with Crippen molar-refractivity contribution in [2.75, 3.05) is 17.6 Å². The molecule has 0 spiro atoms. The average molecular weight is 526 g/mol. The fourth-order valence-electron chi connectivity index (χ4n) is 4.65. The minimum atomic E-state index is -0.318. The lowest BCUT2D eigenvalue weighted by Gasteiger charge is -2.17. The molecule has 0 saturated carbocycles. The van der Waals surface area contributed by atoms with Crippen LogP contribution in [-0.4, -0.2) is 36.3 Å². The number of rotatable bonds is 6. The van der Waals surface area contributed by atoms with Crippen molar-refractivity contribution in [1.82, 2.24) is 24.5 Å². The van der Waals surface area contributed by atoms with E-state index in [4.69, 9.17) is 5.73 Å². The summed E-state index contributed by atoms with van der Waals surface area (Å²) >= 11 is 1.77. The molecule has 1 aliphatic rings. The van der Waals surface area contributed by atoms with Gasteiger partial charge >= 0.3 is 0 Å². The Labute approximate surface area is 221 Å². The molecule has 8 nitrogen and oxygen atoms in total. The van der Waals surface area contributed by atoms with Crippen LogP contribution in [0.5, 0.6) is 0 Å². The second-order valence-corrected chi connectivity index (χ2v) is 10.5. The van der Waals surface area contributed by atoms with Crippen LogP contribution in [0, 0.1) is 5.82 Å². The SMILES string of the molecule is C[C@@H](c1ccc(F)cc1)n1cnc2ccnc(NCC3CC=C(c4ccc5ncnc(N)c5c4)S3)c2c1=O. The Bertz CT molecular complexity index is 1750. The van der Waals surface area contributed by atoms with Crippen LogP contribution in [0.25, 0.3) is 26.7 Å². The van der Waals surface area contributed by atoms with Gasteiger partial charge in [-0.15, -0.1) is 11.8 Å². The first kappa shape index (κ1) is 24.1. The lowest BCUT2D eigenvalue weighted by molar-refractivity contribution is 0.600. The predicted octanol–water partition coefficient (Wildman–Crippen LogP) is 5.02. The van der Waals surface area contributed by atoms with Crippen molar-refractivity contribution in [3.8, 4) is 0 Å². The smallest absolute Gasteiger partial charge is 0.265 e. The van der Waals surface area contributed by atoms with E-state index in [0.717, 1.165) is 28.5 Å². The van der Waals surface area contributed by atoms with Gasteiger partial charge < -0.3 is 11.1 Å². The molecule has 3 N–H and O–H groups in total. The summed E-state index contributed by atoms with van der Waals surface area (Å²) < 4.78 is 14.9. The minimum absolute atomic E-state index is 0.198. The second kappa shape index (κ2) is 9.86. The first-order chi connectivity index (χ1) is 18.5. The number of halogens is 1. The standard InChI is InChI=1S/C28H24FN7OS/c1-16(17-2-5-19(29)6-3-17)36-15-35-23-10-11-31-27(25(23)28(36)37)32-13-20-7-9-24(38-20)18-4-8-22-21(12-18)26(30)34-14-33-22/h2-6,8-12,14-16,20H,7,13H2,1H3,(H,31,32)(H2,30,33,34)/t16-,20?/m0/s1. The third kappa shape index (κ3) is 4.47. The minimum Gasteiger partial charge on any atom is -0.383 e. The number of aromatic nitrogens is 5. The third-order valence-corrected chi connectivity index (χ3v) is 8.12. The molecular formula is C28H24FN7OS. The molecule has 1 unspecified atom stereocenters. The van der Waals surface area contributed by atoms with E-state index in [2.05, 4.69) is 31.3 Å². The summed E-state index contributed by atoms with van der Waals surface area (Å²) in [4.78, 5) is 32.0. The van der Waals surface area contributed by atoms with Gasteiger partial charge in [-0.3, -0.25) is 9.36 Å². The quantitative estimate of drug-likeness (QED) is 0.318. The van der Waals surface area contributed by atoms with Crippen molar-refractivity contribution < 1.29 is 4.39 Å². The van der Waals surface area contributed by atoms with E-state index >= 15 is 0 Å². The van der Waals surface area contributed by atoms with Crippen LogP contribution in [0.2, 0.25) is 0 Å². The molecule has 0 radical (unpaired) electrons. The average Bonchev–Trinajstić information content (AvgIpc) is 3.41. The molecule has 0 amide bonds. The fraction of sp³-hybridized carbons (Fsp3) is 0.179. The number of benzene rings is 2. The summed E-state index contributed by atoms with van der Waals surface area (Å²) in [7, 11) is 0. The highest BCUT2D eigenvalue weighted by Crippen LogP contribution is 2.40. The molecule has 5 aromatic rings. The van der Waals surface area contributed by atoms with E-state index in [-0.39, 0.29) is 22.7 Å². The monoisotopic (exact) mass is 525 g/mol. The van der Waals surface area contributed by atoms with Crippen LogP contribution in [0.15, 0.2) is 78.3 Å². The van der Waals surface area contributed by atoms with Gasteiger partial charge in [0.1, 0.15) is 29.2 Å². The lowest BCUT2D eigenvalue weighted by atomic mass is 10.1. The summed E-state index contributed by atoms with van der Waals surface area (Å²) in [6.07, 6.45) is 7.75. The zero-order valence-electron chi connectivity index (χ0n) is 20.5. The van der Waals surface area contributed by atoms with Gasteiger partial charge in [-0.25, -0.2) is 24.3 Å². The number of nitrogen functional groups attached to an aromatic ring is 1. The molecule has 190 valence electrons. The number of anilines is 2. The van der Waals surface area contributed by atoms with Crippen molar-refractivity contribution in [2.45, 2.75) is 24.6 Å². The Balaban J connectivity index is 1.21. The molecule has 0 saturated heterocycles. The zero-order valence-corrected chi connectivity index (χ0v) is 21.3. The van der Waals surface area contributed by atoms with E-state index < -0.39 is 0 Å². The molecule has 2 atom stereocenters. The maximum Gasteiger partial charge on any atom is 0.265 e. The van der Waals surface area contributed by atoms with Crippen LogP contribution < -0.4 is 16.6 Å². The highest BCUT2D eigenvalue weighted by Gasteiger charge is 2.21. The van der Waals surface area contributed by atoms with E-state index in [0.29, 0.717) is 29.1 Å². The Morgan fingerprint density at radius 3 is 2.79 bits per heavy atom. The van der Waals surface area contributed by atoms with Gasteiger partial charge in [-0.2, -0.15) is 0 Å². The van der Waals surface area contributed by atoms with Gasteiger partial charge in [0.05, 0.1) is 23.4 Å². The second-order valence-electron chi connectivity index (χ2n) is 9.15. The van der Waals surface area contributed by atoms with Gasteiger partial charge in [0, 0.05) is 28.3 Å². The molecule has 4 heterocycles. The first-order valence-corrected chi connectivity index (χ1v) is 13.1. The Hall–Kier alpha value is -4.31. The number of fused-ring (bicyclic) bond motifs is 2. The van der Waals surface area contributed by atoms with E-state index in [1.54, 1.807) is 40.7 Å². The van der Waals surface area contributed by atoms with Gasteiger partial charge in [0.2, 0.25) is 0 Å². The van der Waals surface area contributed by atoms with E-state index in [9.17, 15) is 9.18 Å². The molecule has 3 aromatic heterocycles. The van der Waals surface area contributed by atoms with E-state index in [1.807, 2.05) is 25.1 Å². The summed E-state index contributed by atoms with van der Waals surface area (Å²) in [6.45, 7) is 2.51. The number of thioether (sulfide) groups is 1. The van der Waals surface area contributed by atoms with Crippen molar-refractivity contribution in [2.24, 2.45) is 0 Å². The van der Waals surface area contributed by atoms with Crippen LogP contribution in [0.1, 0.15) is 30.5 Å². The molecule has 0 aliphatic carbocycles. The van der Waals surface area contributed by atoms with Crippen LogP contribution in [0.3, 0.4) is 0 Å². The lowest BCUT2D eigenvalue weighted by Crippen LogP contribution is -2.26. The number of nitrogens with one attached hydrogen (secondary N) is 1. The van der Waals surface area contributed by atoms with Crippen molar-refractivity contribution in [1.29, 1.82) is 0 Å². The molecular weight excluding hydrogens is 501 g/mol. The Morgan fingerprint density at radius 1 is 1.11 bits per heavy atom. The zero-order chi connectivity index (χ0) is 26.2. The highest BCUT2D eigenvalue weighted by atomic mass is 32.2. The van der Waals surface area contributed by atoms with Crippen molar-refractivity contribution in [3.05, 3.63) is 101 Å². The number of nitrogens with two attached hydrogens (primary N) is 1. The molecule has 1 aliphatic heterocycles.